The number of hydrogen-bond acceptors (Lipinski definition) is 3. The topological polar surface area (TPSA) is 53.5 Å². The van der Waals surface area contributed by atoms with Gasteiger partial charge in [0.2, 0.25) is 0 Å². The molecule has 2 fully saturated rings. The first-order chi connectivity index (χ1) is 33.5. The maximum absolute atomic E-state index is 5.77. The first-order valence-corrected chi connectivity index (χ1v) is 24.5. The van der Waals surface area contributed by atoms with Gasteiger partial charge in [-0.1, -0.05) is 135 Å². The Morgan fingerprint density at radius 3 is 1.47 bits per heavy atom. The van der Waals surface area contributed by atoms with Gasteiger partial charge in [0.1, 0.15) is 5.82 Å². The smallest absolute Gasteiger partial charge is 0.165 e. The fraction of sp³-hybridized carbons (Fsp3) is 0.177. The van der Waals surface area contributed by atoms with Crippen molar-refractivity contribution in [2.75, 3.05) is 0 Å². The van der Waals surface area contributed by atoms with E-state index in [1.165, 1.54) is 61.7 Å². The van der Waals surface area contributed by atoms with E-state index in [2.05, 4.69) is 216 Å². The minimum atomic E-state index is -0.137. The molecule has 2 aliphatic rings. The Balaban J connectivity index is 1.06. The number of rotatable bonds is 6. The van der Waals surface area contributed by atoms with Crippen LogP contribution in [0.15, 0.2) is 188 Å². The van der Waals surface area contributed by atoms with Crippen molar-refractivity contribution in [3.05, 3.63) is 194 Å². The molecule has 6 nitrogen and oxygen atoms in total. The van der Waals surface area contributed by atoms with Gasteiger partial charge in [0.15, 0.2) is 11.6 Å². The van der Waals surface area contributed by atoms with Crippen LogP contribution in [0.3, 0.4) is 0 Å². The zero-order chi connectivity index (χ0) is 45.1. The van der Waals surface area contributed by atoms with Crippen LogP contribution < -0.4 is 0 Å². The quantitative estimate of drug-likeness (QED) is 0.167. The van der Waals surface area contributed by atoms with E-state index in [0.29, 0.717) is 23.6 Å². The van der Waals surface area contributed by atoms with Crippen molar-refractivity contribution < 1.29 is 0 Å². The first-order valence-electron chi connectivity index (χ1n) is 24.5. The van der Waals surface area contributed by atoms with Gasteiger partial charge < -0.3 is 13.7 Å². The van der Waals surface area contributed by atoms with Gasteiger partial charge >= 0.3 is 0 Å². The van der Waals surface area contributed by atoms with Gasteiger partial charge in [0, 0.05) is 54.5 Å². The molecule has 0 spiro atoms. The van der Waals surface area contributed by atoms with Gasteiger partial charge in [-0.25, -0.2) is 15.0 Å². The Labute approximate surface area is 395 Å². The maximum atomic E-state index is 5.77. The van der Waals surface area contributed by atoms with E-state index in [-0.39, 0.29) is 5.41 Å². The Morgan fingerprint density at radius 2 is 0.868 bits per heavy atom. The summed E-state index contributed by atoms with van der Waals surface area (Å²) in [5, 5.41) is 7.33. The zero-order valence-corrected chi connectivity index (χ0v) is 38.3. The van der Waals surface area contributed by atoms with E-state index in [0.717, 1.165) is 75.7 Å². The summed E-state index contributed by atoms with van der Waals surface area (Å²) < 4.78 is 7.32. The molecule has 6 heteroatoms. The molecule has 2 saturated carbocycles. The molecule has 0 saturated heterocycles. The standard InChI is InChI=1S/C62H50N6/c1-39-34-41-35-40(2)37-62(36-39,38-41)61-64-59(48-24-10-16-30-54(48)67-50-26-12-6-20-43(50)44-21-7-13-27-51(44)67)63-60(65-61)49-25-11-17-31-55(49)68-52-28-14-8-22-45(52)46-32-33-56-57(58(46)68)47-23-9-15-29-53(47)66(56)42-18-4-3-5-19-42/h3-33,39-41H,34-38H2,1-2H3/t39-,40+,41?,62?. The van der Waals surface area contributed by atoms with Crippen LogP contribution in [-0.4, -0.2) is 28.7 Å². The summed E-state index contributed by atoms with van der Waals surface area (Å²) >= 11 is 0. The number of nitrogens with zero attached hydrogens (tertiary/aromatic N) is 6. The Kier molecular flexibility index (Phi) is 8.73. The number of fused-ring (bicyclic) bond motifs is 12. The molecule has 12 aromatic rings. The highest BCUT2D eigenvalue weighted by molar-refractivity contribution is 6.26. The van der Waals surface area contributed by atoms with E-state index < -0.39 is 0 Å². The fourth-order valence-electron chi connectivity index (χ4n) is 13.3. The number of para-hydroxylation sites is 7. The van der Waals surface area contributed by atoms with E-state index >= 15 is 0 Å². The van der Waals surface area contributed by atoms with Crippen LogP contribution in [0.25, 0.3) is 105 Å². The Hall–Kier alpha value is -7.83. The molecule has 0 radical (unpaired) electrons. The van der Waals surface area contributed by atoms with Crippen LogP contribution in [-0.2, 0) is 5.41 Å². The second-order valence-corrected chi connectivity index (χ2v) is 20.0. The normalized spacial score (nSPS) is 19.5. The molecule has 68 heavy (non-hydrogen) atoms. The summed E-state index contributed by atoms with van der Waals surface area (Å²) in [7, 11) is 0. The van der Waals surface area contributed by atoms with Crippen molar-refractivity contribution in [3.8, 4) is 39.8 Å². The Morgan fingerprint density at radius 1 is 0.397 bits per heavy atom. The van der Waals surface area contributed by atoms with Crippen molar-refractivity contribution in [1.82, 2.24) is 28.7 Å². The second-order valence-electron chi connectivity index (χ2n) is 20.0. The predicted octanol–water partition coefficient (Wildman–Crippen LogP) is 15.6. The maximum Gasteiger partial charge on any atom is 0.165 e. The minimum absolute atomic E-state index is 0.137. The third-order valence-corrected chi connectivity index (χ3v) is 15.6. The van der Waals surface area contributed by atoms with Crippen LogP contribution in [0.4, 0.5) is 0 Å². The molecule has 328 valence electrons. The molecule has 2 aliphatic carbocycles. The largest absolute Gasteiger partial charge is 0.309 e. The fourth-order valence-corrected chi connectivity index (χ4v) is 13.3. The highest BCUT2D eigenvalue weighted by Gasteiger charge is 2.47. The highest BCUT2D eigenvalue weighted by atomic mass is 15.1. The number of benzene rings is 8. The summed E-state index contributed by atoms with van der Waals surface area (Å²) in [5.74, 6) is 4.24. The lowest BCUT2D eigenvalue weighted by molar-refractivity contribution is 0.0720. The predicted molar refractivity (Wildman–Crippen MR) is 280 cm³/mol. The Bertz CT molecular complexity index is 3890. The van der Waals surface area contributed by atoms with Crippen molar-refractivity contribution in [3.63, 3.8) is 0 Å². The molecule has 0 N–H and O–H groups in total. The lowest BCUT2D eigenvalue weighted by Crippen LogP contribution is -2.43. The van der Waals surface area contributed by atoms with Crippen LogP contribution >= 0.6 is 0 Å². The molecule has 4 atom stereocenters. The molecule has 0 amide bonds. The van der Waals surface area contributed by atoms with Crippen LogP contribution in [0.1, 0.15) is 51.8 Å². The number of aromatic nitrogens is 6. The molecular weight excluding hydrogens is 829 g/mol. The highest BCUT2D eigenvalue weighted by Crippen LogP contribution is 2.54. The molecule has 14 rings (SSSR count). The van der Waals surface area contributed by atoms with Gasteiger partial charge in [-0.3, -0.25) is 0 Å². The molecule has 0 aliphatic heterocycles. The van der Waals surface area contributed by atoms with Gasteiger partial charge in [-0.15, -0.1) is 0 Å². The van der Waals surface area contributed by atoms with Crippen LogP contribution in [0.5, 0.6) is 0 Å². The number of hydrogen-bond donors (Lipinski definition) is 0. The molecule has 2 unspecified atom stereocenters. The summed E-state index contributed by atoms with van der Waals surface area (Å²) in [4.78, 5) is 17.2. The van der Waals surface area contributed by atoms with Gasteiger partial charge in [-0.2, -0.15) is 0 Å². The lowest BCUT2D eigenvalue weighted by atomic mass is 9.56. The average molecular weight is 879 g/mol. The van der Waals surface area contributed by atoms with Gasteiger partial charge in [-0.05, 0) is 117 Å². The van der Waals surface area contributed by atoms with Crippen LogP contribution in [0.2, 0.25) is 0 Å². The van der Waals surface area contributed by atoms with Crippen LogP contribution in [0, 0.1) is 17.8 Å². The van der Waals surface area contributed by atoms with Crippen molar-refractivity contribution >= 4 is 65.4 Å². The van der Waals surface area contributed by atoms with E-state index in [1.807, 2.05) is 0 Å². The summed E-state index contributed by atoms with van der Waals surface area (Å²) in [5.41, 5.74) is 12.1. The first kappa shape index (κ1) is 39.3. The summed E-state index contributed by atoms with van der Waals surface area (Å²) in [6.45, 7) is 4.90. The monoisotopic (exact) mass is 878 g/mol. The zero-order valence-electron chi connectivity index (χ0n) is 38.3. The summed E-state index contributed by atoms with van der Waals surface area (Å²) in [6, 6.07) is 68.2. The molecule has 4 heterocycles. The van der Waals surface area contributed by atoms with E-state index in [4.69, 9.17) is 15.0 Å². The van der Waals surface area contributed by atoms with Crippen molar-refractivity contribution in [2.45, 2.75) is 51.4 Å². The van der Waals surface area contributed by atoms with Crippen molar-refractivity contribution in [2.24, 2.45) is 17.8 Å². The lowest BCUT2D eigenvalue weighted by Gasteiger charge is -2.49. The molecule has 8 aromatic carbocycles. The second kappa shape index (κ2) is 15.1. The van der Waals surface area contributed by atoms with E-state index in [9.17, 15) is 0 Å². The molecule has 2 bridgehead atoms. The van der Waals surface area contributed by atoms with Crippen molar-refractivity contribution in [1.29, 1.82) is 0 Å². The molecular formula is C62H50N6. The third kappa shape index (κ3) is 5.86. The third-order valence-electron chi connectivity index (χ3n) is 15.6. The minimum Gasteiger partial charge on any atom is -0.309 e. The molecule has 4 aromatic heterocycles. The SMILES string of the molecule is C[C@@H]1CC2C[C@H](C)CC(c3nc(-c4ccccc4-n4c5ccccc5c5ccccc54)nc(-c4ccccc4-n4c5ccccc5c5ccc6c(c7ccccc7n6-c6ccccc6)c54)n3)(C2)C1. The van der Waals surface area contributed by atoms with E-state index in [1.54, 1.807) is 0 Å². The van der Waals surface area contributed by atoms with Gasteiger partial charge in [0.05, 0.1) is 44.5 Å². The average Bonchev–Trinajstić information content (AvgIpc) is 4.02. The van der Waals surface area contributed by atoms with Gasteiger partial charge in [0.25, 0.3) is 0 Å². The summed E-state index contributed by atoms with van der Waals surface area (Å²) in [6.07, 6.45) is 5.85.